The Hall–Kier alpha value is -2.06. The summed E-state index contributed by atoms with van der Waals surface area (Å²) in [4.78, 5) is 14.2. The molecule has 0 unspecified atom stereocenters. The molecule has 1 saturated carbocycles. The highest BCUT2D eigenvalue weighted by Gasteiger charge is 2.44. The van der Waals surface area contributed by atoms with Gasteiger partial charge in [0, 0.05) is 13.0 Å². The van der Waals surface area contributed by atoms with E-state index in [0.717, 1.165) is 24.8 Å². The van der Waals surface area contributed by atoms with Gasteiger partial charge in [-0.2, -0.15) is 5.26 Å². The van der Waals surface area contributed by atoms with Crippen LogP contribution in [-0.4, -0.2) is 34.3 Å². The summed E-state index contributed by atoms with van der Waals surface area (Å²) < 4.78 is 5.79. The van der Waals surface area contributed by atoms with E-state index >= 15 is 0 Å². The lowest BCUT2D eigenvalue weighted by Crippen LogP contribution is -2.52. The highest BCUT2D eigenvalue weighted by Crippen LogP contribution is 2.39. The van der Waals surface area contributed by atoms with Crippen molar-refractivity contribution in [3.63, 3.8) is 0 Å². The molecule has 122 valence electrons. The quantitative estimate of drug-likeness (QED) is 0.910. The Bertz CT molecular complexity index is 612. The Morgan fingerprint density at radius 2 is 1.96 bits per heavy atom. The summed E-state index contributed by atoms with van der Waals surface area (Å²) in [5.41, 5.74) is 1.23. The fourth-order valence-electron chi connectivity index (χ4n) is 3.56. The Morgan fingerprint density at radius 1 is 1.30 bits per heavy atom. The fraction of sp³-hybridized carbons (Fsp3) is 0.556. The van der Waals surface area contributed by atoms with Crippen LogP contribution in [0.2, 0.25) is 0 Å². The molecule has 1 heterocycles. The highest BCUT2D eigenvalue weighted by atomic mass is 16.6. The molecule has 1 amide bonds. The van der Waals surface area contributed by atoms with Gasteiger partial charge in [0.15, 0.2) is 0 Å². The molecule has 5 heteroatoms. The van der Waals surface area contributed by atoms with Crippen LogP contribution in [0, 0.1) is 11.3 Å². The van der Waals surface area contributed by atoms with Crippen molar-refractivity contribution in [1.29, 1.82) is 5.26 Å². The minimum Gasteiger partial charge on any atom is -0.443 e. The number of amides is 1. The first-order chi connectivity index (χ1) is 11.0. The predicted octanol–water partition coefficient (Wildman–Crippen LogP) is 3.14. The third kappa shape index (κ3) is 3.18. The van der Waals surface area contributed by atoms with Crippen LogP contribution < -0.4 is 0 Å². The molecule has 1 aliphatic carbocycles. The molecule has 5 nitrogen and oxygen atoms in total. The summed E-state index contributed by atoms with van der Waals surface area (Å²) in [6.07, 6.45) is 3.19. The van der Waals surface area contributed by atoms with E-state index in [4.69, 9.17) is 10.00 Å². The van der Waals surface area contributed by atoms with Gasteiger partial charge in [-0.05, 0) is 50.3 Å². The normalized spacial score (nSPS) is 29.0. The maximum Gasteiger partial charge on any atom is 0.410 e. The summed E-state index contributed by atoms with van der Waals surface area (Å²) >= 11 is 0. The molecule has 2 fully saturated rings. The van der Waals surface area contributed by atoms with E-state index in [1.54, 1.807) is 17.0 Å². The molecule has 0 aromatic heterocycles. The lowest BCUT2D eigenvalue weighted by molar-refractivity contribution is -0.0908. The lowest BCUT2D eigenvalue weighted by Gasteiger charge is -2.45. The van der Waals surface area contributed by atoms with Gasteiger partial charge in [0.2, 0.25) is 0 Å². The zero-order chi connectivity index (χ0) is 16.4. The number of carbonyl (C=O) groups is 1. The van der Waals surface area contributed by atoms with Gasteiger partial charge in [-0.3, -0.25) is 0 Å². The summed E-state index contributed by atoms with van der Waals surface area (Å²) in [5.74, 6) is 0. The first-order valence-corrected chi connectivity index (χ1v) is 8.21. The molecule has 1 N–H and O–H groups in total. The number of carbonyl (C=O) groups excluding carboxylic acids is 1. The maximum atomic E-state index is 12.5. The van der Waals surface area contributed by atoms with Crippen molar-refractivity contribution >= 4 is 6.09 Å². The number of aliphatic hydroxyl groups excluding tert-OH is 1. The predicted molar refractivity (Wildman–Crippen MR) is 84.6 cm³/mol. The average molecular weight is 314 g/mol. The summed E-state index contributed by atoms with van der Waals surface area (Å²) in [6.45, 7) is 2.64. The van der Waals surface area contributed by atoms with Crippen molar-refractivity contribution in [2.45, 2.75) is 56.8 Å². The van der Waals surface area contributed by atoms with E-state index in [0.29, 0.717) is 24.9 Å². The van der Waals surface area contributed by atoms with Crippen LogP contribution >= 0.6 is 0 Å². The van der Waals surface area contributed by atoms with Gasteiger partial charge in [0.05, 0.1) is 23.8 Å². The van der Waals surface area contributed by atoms with Crippen molar-refractivity contribution in [2.75, 3.05) is 6.54 Å². The van der Waals surface area contributed by atoms with E-state index in [2.05, 4.69) is 6.07 Å². The number of hydrogen-bond acceptors (Lipinski definition) is 4. The third-order valence-corrected chi connectivity index (χ3v) is 5.20. The summed E-state index contributed by atoms with van der Waals surface area (Å²) in [7, 11) is 0. The Labute approximate surface area is 136 Å². The fourth-order valence-corrected chi connectivity index (χ4v) is 3.56. The van der Waals surface area contributed by atoms with Gasteiger partial charge in [0.1, 0.15) is 5.60 Å². The molecule has 1 atom stereocenters. The smallest absolute Gasteiger partial charge is 0.410 e. The van der Waals surface area contributed by atoms with Crippen molar-refractivity contribution < 1.29 is 14.6 Å². The number of rotatable bonds is 2. The van der Waals surface area contributed by atoms with Crippen molar-refractivity contribution in [2.24, 2.45) is 0 Å². The molecule has 1 saturated heterocycles. The van der Waals surface area contributed by atoms with E-state index in [1.807, 2.05) is 19.1 Å². The Morgan fingerprint density at radius 3 is 2.52 bits per heavy atom. The number of ether oxygens (including phenoxy) is 1. The second-order valence-electron chi connectivity index (χ2n) is 6.64. The van der Waals surface area contributed by atoms with Crippen LogP contribution in [0.3, 0.4) is 0 Å². The molecule has 1 spiro atoms. The molecule has 2 aliphatic rings. The lowest BCUT2D eigenvalue weighted by atomic mass is 9.80. The topological polar surface area (TPSA) is 73.6 Å². The molecule has 1 aromatic carbocycles. The summed E-state index contributed by atoms with van der Waals surface area (Å²) in [6, 6.07) is 9.33. The number of aliphatic hydroxyl groups is 1. The number of benzene rings is 1. The van der Waals surface area contributed by atoms with Crippen LogP contribution in [0.1, 0.15) is 56.2 Å². The van der Waals surface area contributed by atoms with Crippen LogP contribution in [0.15, 0.2) is 24.3 Å². The first-order valence-electron chi connectivity index (χ1n) is 8.21. The highest BCUT2D eigenvalue weighted by molar-refractivity contribution is 5.70. The van der Waals surface area contributed by atoms with E-state index in [-0.39, 0.29) is 23.8 Å². The summed E-state index contributed by atoms with van der Waals surface area (Å²) in [5, 5.41) is 18.5. The van der Waals surface area contributed by atoms with E-state index < -0.39 is 0 Å². The monoisotopic (exact) mass is 314 g/mol. The average Bonchev–Trinajstić information content (AvgIpc) is 2.57. The minimum atomic E-state index is -0.378. The molecular formula is C18H22N2O3. The van der Waals surface area contributed by atoms with Crippen LogP contribution in [0.4, 0.5) is 4.79 Å². The number of nitriles is 1. The van der Waals surface area contributed by atoms with Crippen molar-refractivity contribution in [3.8, 4) is 6.07 Å². The molecule has 1 aliphatic heterocycles. The molecule has 23 heavy (non-hydrogen) atoms. The molecule has 3 rings (SSSR count). The Balaban J connectivity index is 1.68. The largest absolute Gasteiger partial charge is 0.443 e. The molecule has 0 radical (unpaired) electrons. The maximum absolute atomic E-state index is 12.5. The minimum absolute atomic E-state index is 0.0817. The third-order valence-electron chi connectivity index (χ3n) is 5.20. The van der Waals surface area contributed by atoms with E-state index in [9.17, 15) is 9.90 Å². The van der Waals surface area contributed by atoms with Crippen molar-refractivity contribution in [1.82, 2.24) is 4.90 Å². The molecule has 0 bridgehead atoms. The zero-order valence-corrected chi connectivity index (χ0v) is 13.4. The second kappa shape index (κ2) is 6.21. The molecule has 1 aromatic rings. The van der Waals surface area contributed by atoms with Gasteiger partial charge >= 0.3 is 6.09 Å². The van der Waals surface area contributed by atoms with Crippen LogP contribution in [-0.2, 0) is 4.74 Å². The molecular weight excluding hydrogens is 292 g/mol. The number of hydrogen-bond donors (Lipinski definition) is 1. The SMILES string of the molecule is C[C@@H](c1ccc(C#N)cc1)N1CC[C@]2(CC[C@@H](O)CC2)OC1=O. The van der Waals surface area contributed by atoms with Crippen LogP contribution in [0.25, 0.3) is 0 Å². The van der Waals surface area contributed by atoms with E-state index in [1.165, 1.54) is 0 Å². The van der Waals surface area contributed by atoms with Gasteiger partial charge in [-0.15, -0.1) is 0 Å². The first kappa shape index (κ1) is 15.8. The second-order valence-corrected chi connectivity index (χ2v) is 6.64. The van der Waals surface area contributed by atoms with Crippen LogP contribution in [0.5, 0.6) is 0 Å². The van der Waals surface area contributed by atoms with Gasteiger partial charge in [-0.25, -0.2) is 4.79 Å². The number of nitrogens with zero attached hydrogens (tertiary/aromatic N) is 2. The van der Waals surface area contributed by atoms with Gasteiger partial charge < -0.3 is 14.7 Å². The van der Waals surface area contributed by atoms with Gasteiger partial charge in [-0.1, -0.05) is 12.1 Å². The Kier molecular flexibility index (Phi) is 4.27. The van der Waals surface area contributed by atoms with Crippen molar-refractivity contribution in [3.05, 3.63) is 35.4 Å². The zero-order valence-electron chi connectivity index (χ0n) is 13.4. The standard InChI is InChI=1S/C18H22N2O3/c1-13(15-4-2-14(12-19)3-5-15)20-11-10-18(23-17(20)22)8-6-16(21)7-9-18/h2-5,13,16,21H,6-11H2,1H3/t13-,16-,18-/m0/s1. The van der Waals surface area contributed by atoms with Gasteiger partial charge in [0.25, 0.3) is 0 Å².